The molecular formula is C22H29N3O6S2. The number of nitrogens with one attached hydrogen (secondary N) is 2. The SMILES string of the molecule is COc1cccc(C(CNC(=O)c2cccc(S(=O)(=O)NC3CCS(=O)(=O)C3)c2)N(C)C)c1. The molecule has 9 nitrogen and oxygen atoms in total. The molecule has 3 rings (SSSR count). The van der Waals surface area contributed by atoms with Gasteiger partial charge in [0.2, 0.25) is 10.0 Å². The van der Waals surface area contributed by atoms with Crippen molar-refractivity contribution >= 4 is 25.8 Å². The zero-order chi connectivity index (χ0) is 24.2. The van der Waals surface area contributed by atoms with Gasteiger partial charge in [-0.25, -0.2) is 21.6 Å². The third-order valence-electron chi connectivity index (χ3n) is 5.52. The van der Waals surface area contributed by atoms with Crippen LogP contribution in [0.3, 0.4) is 0 Å². The topological polar surface area (TPSA) is 122 Å². The second-order valence-electron chi connectivity index (χ2n) is 8.22. The third-order valence-corrected chi connectivity index (χ3v) is 8.80. The van der Waals surface area contributed by atoms with Crippen LogP contribution in [-0.2, 0) is 19.9 Å². The predicted octanol–water partition coefficient (Wildman–Crippen LogP) is 1.19. The van der Waals surface area contributed by atoms with Crippen LogP contribution < -0.4 is 14.8 Å². The Morgan fingerprint density at radius 2 is 1.91 bits per heavy atom. The van der Waals surface area contributed by atoms with Gasteiger partial charge in [0.15, 0.2) is 9.84 Å². The standard InChI is InChI=1S/C22H29N3O6S2/c1-25(2)21(16-6-4-8-19(12-16)31-3)14-23-22(26)17-7-5-9-20(13-17)33(29,30)24-18-10-11-32(27,28)15-18/h4-9,12-13,18,21,24H,10-11,14-15H2,1-3H3,(H,23,26). The quantitative estimate of drug-likeness (QED) is 0.536. The molecule has 11 heteroatoms. The molecule has 1 fully saturated rings. The van der Waals surface area contributed by atoms with E-state index in [1.54, 1.807) is 7.11 Å². The minimum Gasteiger partial charge on any atom is -0.497 e. The molecule has 180 valence electrons. The monoisotopic (exact) mass is 495 g/mol. The average molecular weight is 496 g/mol. The van der Waals surface area contributed by atoms with Crippen molar-refractivity contribution in [3.05, 3.63) is 59.7 Å². The number of benzene rings is 2. The lowest BCUT2D eigenvalue weighted by atomic mass is 10.1. The van der Waals surface area contributed by atoms with Gasteiger partial charge in [-0.1, -0.05) is 18.2 Å². The fourth-order valence-corrected chi connectivity index (χ4v) is 6.81. The van der Waals surface area contributed by atoms with Crippen LogP contribution in [0.15, 0.2) is 53.4 Å². The van der Waals surface area contributed by atoms with Gasteiger partial charge in [-0.3, -0.25) is 4.79 Å². The summed E-state index contributed by atoms with van der Waals surface area (Å²) >= 11 is 0. The lowest BCUT2D eigenvalue weighted by Crippen LogP contribution is -2.36. The number of nitrogens with zero attached hydrogens (tertiary/aromatic N) is 1. The molecule has 1 aliphatic rings. The van der Waals surface area contributed by atoms with E-state index in [2.05, 4.69) is 10.0 Å². The molecule has 0 radical (unpaired) electrons. The van der Waals surface area contributed by atoms with Crippen molar-refractivity contribution < 1.29 is 26.4 Å². The van der Waals surface area contributed by atoms with Crippen LogP contribution in [-0.4, -0.2) is 72.9 Å². The van der Waals surface area contributed by atoms with Crippen LogP contribution in [0.2, 0.25) is 0 Å². The molecule has 2 atom stereocenters. The Hall–Kier alpha value is -2.47. The Bertz CT molecular complexity index is 1210. The molecule has 0 saturated carbocycles. The number of carbonyl (C=O) groups excluding carboxylic acids is 1. The van der Waals surface area contributed by atoms with E-state index in [1.807, 2.05) is 43.3 Å². The van der Waals surface area contributed by atoms with Gasteiger partial charge in [0.25, 0.3) is 5.91 Å². The summed E-state index contributed by atoms with van der Waals surface area (Å²) in [7, 11) is -1.79. The van der Waals surface area contributed by atoms with Gasteiger partial charge in [-0.15, -0.1) is 0 Å². The van der Waals surface area contributed by atoms with Gasteiger partial charge >= 0.3 is 0 Å². The summed E-state index contributed by atoms with van der Waals surface area (Å²) in [6, 6.07) is 12.5. The summed E-state index contributed by atoms with van der Waals surface area (Å²) in [6.07, 6.45) is 0.234. The van der Waals surface area contributed by atoms with Crippen LogP contribution in [0, 0.1) is 0 Å². The number of hydrogen-bond donors (Lipinski definition) is 2. The van der Waals surface area contributed by atoms with Crippen molar-refractivity contribution in [2.75, 3.05) is 39.3 Å². The largest absolute Gasteiger partial charge is 0.497 e. The molecule has 2 N–H and O–H groups in total. The molecule has 1 amide bonds. The Morgan fingerprint density at radius 1 is 1.18 bits per heavy atom. The lowest BCUT2D eigenvalue weighted by Gasteiger charge is -2.25. The maximum absolute atomic E-state index is 12.8. The Morgan fingerprint density at radius 3 is 2.55 bits per heavy atom. The van der Waals surface area contributed by atoms with Crippen molar-refractivity contribution in [2.24, 2.45) is 0 Å². The Balaban J connectivity index is 1.70. The first-order valence-electron chi connectivity index (χ1n) is 10.4. The van der Waals surface area contributed by atoms with E-state index < -0.39 is 31.8 Å². The molecular weight excluding hydrogens is 466 g/mol. The van der Waals surface area contributed by atoms with Crippen LogP contribution >= 0.6 is 0 Å². The van der Waals surface area contributed by atoms with Gasteiger partial charge in [0.1, 0.15) is 5.75 Å². The second-order valence-corrected chi connectivity index (χ2v) is 12.2. The highest BCUT2D eigenvalue weighted by Crippen LogP contribution is 2.22. The first-order valence-corrected chi connectivity index (χ1v) is 13.7. The van der Waals surface area contributed by atoms with E-state index in [-0.39, 0.29) is 34.4 Å². The maximum Gasteiger partial charge on any atom is 0.251 e. The van der Waals surface area contributed by atoms with Gasteiger partial charge < -0.3 is 15.0 Å². The van der Waals surface area contributed by atoms with Gasteiger partial charge in [0.05, 0.1) is 29.6 Å². The van der Waals surface area contributed by atoms with Crippen LogP contribution in [0.4, 0.5) is 0 Å². The molecule has 1 heterocycles. The summed E-state index contributed by atoms with van der Waals surface area (Å²) in [4.78, 5) is 14.7. The van der Waals surface area contributed by atoms with E-state index >= 15 is 0 Å². The molecule has 1 saturated heterocycles. The van der Waals surface area contributed by atoms with Crippen LogP contribution in [0.25, 0.3) is 0 Å². The fraction of sp³-hybridized carbons (Fsp3) is 0.409. The summed E-state index contributed by atoms with van der Waals surface area (Å²) in [5.74, 6) is 0.0438. The maximum atomic E-state index is 12.8. The van der Waals surface area contributed by atoms with Crippen LogP contribution in [0.5, 0.6) is 5.75 Å². The number of likely N-dealkylation sites (N-methyl/N-ethyl adjacent to an activating group) is 1. The van der Waals surface area contributed by atoms with Gasteiger partial charge in [0, 0.05) is 18.2 Å². The molecule has 1 aliphatic heterocycles. The molecule has 0 aliphatic carbocycles. The highest BCUT2D eigenvalue weighted by molar-refractivity contribution is 7.92. The summed E-state index contributed by atoms with van der Waals surface area (Å²) in [5.41, 5.74) is 1.16. The number of sulfonamides is 1. The predicted molar refractivity (Wildman–Crippen MR) is 126 cm³/mol. The zero-order valence-electron chi connectivity index (χ0n) is 18.8. The smallest absolute Gasteiger partial charge is 0.251 e. The molecule has 2 unspecified atom stereocenters. The van der Waals surface area contributed by atoms with Crippen molar-refractivity contribution in [1.82, 2.24) is 14.9 Å². The van der Waals surface area contributed by atoms with Crippen molar-refractivity contribution in [1.29, 1.82) is 0 Å². The van der Waals surface area contributed by atoms with Crippen molar-refractivity contribution in [3.8, 4) is 5.75 Å². The van der Waals surface area contributed by atoms with Gasteiger partial charge in [-0.2, -0.15) is 0 Å². The Kier molecular flexibility index (Phi) is 7.78. The van der Waals surface area contributed by atoms with Crippen molar-refractivity contribution in [3.63, 3.8) is 0 Å². The summed E-state index contributed by atoms with van der Waals surface area (Å²) < 4.78 is 56.4. The number of methoxy groups -OCH3 is 1. The average Bonchev–Trinajstić information content (AvgIpc) is 3.11. The molecule has 0 spiro atoms. The molecule has 2 aromatic rings. The van der Waals surface area contributed by atoms with Crippen molar-refractivity contribution in [2.45, 2.75) is 23.4 Å². The second kappa shape index (κ2) is 10.2. The minimum atomic E-state index is -3.96. The first-order chi connectivity index (χ1) is 15.5. The highest BCUT2D eigenvalue weighted by atomic mass is 32.2. The number of amides is 1. The molecule has 0 aromatic heterocycles. The van der Waals surface area contributed by atoms with E-state index in [9.17, 15) is 21.6 Å². The summed E-state index contributed by atoms with van der Waals surface area (Å²) in [6.45, 7) is 0.300. The normalized spacial score (nSPS) is 18.7. The molecule has 33 heavy (non-hydrogen) atoms. The number of sulfone groups is 1. The fourth-order valence-electron chi connectivity index (χ4n) is 3.72. The molecule has 2 aromatic carbocycles. The van der Waals surface area contributed by atoms with E-state index in [4.69, 9.17) is 4.74 Å². The number of carbonyl (C=O) groups is 1. The number of ether oxygens (including phenoxy) is 1. The van der Waals surface area contributed by atoms with E-state index in [0.717, 1.165) is 5.56 Å². The minimum absolute atomic E-state index is 0.0387. The number of rotatable bonds is 9. The zero-order valence-corrected chi connectivity index (χ0v) is 20.4. The third kappa shape index (κ3) is 6.53. The van der Waals surface area contributed by atoms with Crippen LogP contribution in [0.1, 0.15) is 28.4 Å². The van der Waals surface area contributed by atoms with E-state index in [1.165, 1.54) is 24.3 Å². The Labute approximate surface area is 195 Å². The molecule has 0 bridgehead atoms. The first kappa shape index (κ1) is 25.2. The number of hydrogen-bond acceptors (Lipinski definition) is 7. The van der Waals surface area contributed by atoms with Gasteiger partial charge in [-0.05, 0) is 56.4 Å². The van der Waals surface area contributed by atoms with E-state index in [0.29, 0.717) is 12.3 Å². The highest BCUT2D eigenvalue weighted by Gasteiger charge is 2.31. The lowest BCUT2D eigenvalue weighted by molar-refractivity contribution is 0.0941. The summed E-state index contributed by atoms with van der Waals surface area (Å²) in [5, 5.41) is 2.86.